The molecule has 1 aromatic carbocycles. The number of piperidine rings is 1. The Morgan fingerprint density at radius 3 is 2.25 bits per heavy atom. The lowest BCUT2D eigenvalue weighted by Crippen LogP contribution is -2.46. The lowest BCUT2D eigenvalue weighted by molar-refractivity contribution is 0.0631. The van der Waals surface area contributed by atoms with Crippen molar-refractivity contribution in [1.82, 2.24) is 9.80 Å². The van der Waals surface area contributed by atoms with Crippen molar-refractivity contribution < 1.29 is 4.79 Å². The van der Waals surface area contributed by atoms with Crippen molar-refractivity contribution in [2.24, 2.45) is 0 Å². The summed E-state index contributed by atoms with van der Waals surface area (Å²) in [6, 6.07) is 8.50. The fraction of sp³-hybridized carbons (Fsp3) is 0.562. The molecule has 1 saturated heterocycles. The van der Waals surface area contributed by atoms with Gasteiger partial charge in [0, 0.05) is 28.3 Å². The predicted molar refractivity (Wildman–Crippen MR) is 91.0 cm³/mol. The smallest absolute Gasteiger partial charge is 0.253 e. The van der Waals surface area contributed by atoms with E-state index in [0.717, 1.165) is 44.6 Å². The standard InChI is InChI=1S/C16H23IN2O/c1-3-18(4-2)15-9-11-19(12-10-15)16(20)13-5-7-14(17)8-6-13/h5-8,15H,3-4,9-12H2,1-2H3. The van der Waals surface area contributed by atoms with E-state index in [1.807, 2.05) is 29.2 Å². The van der Waals surface area contributed by atoms with Crippen molar-refractivity contribution in [3.63, 3.8) is 0 Å². The molecular formula is C16H23IN2O. The van der Waals surface area contributed by atoms with Crippen LogP contribution in [-0.4, -0.2) is 47.9 Å². The van der Waals surface area contributed by atoms with Gasteiger partial charge in [0.05, 0.1) is 0 Å². The first kappa shape index (κ1) is 15.8. The van der Waals surface area contributed by atoms with E-state index in [-0.39, 0.29) is 5.91 Å². The summed E-state index contributed by atoms with van der Waals surface area (Å²) in [5.41, 5.74) is 0.812. The van der Waals surface area contributed by atoms with E-state index < -0.39 is 0 Å². The molecule has 20 heavy (non-hydrogen) atoms. The number of carbonyl (C=O) groups is 1. The van der Waals surface area contributed by atoms with E-state index in [1.54, 1.807) is 0 Å². The number of hydrogen-bond donors (Lipinski definition) is 0. The summed E-state index contributed by atoms with van der Waals surface area (Å²) in [5.74, 6) is 0.180. The number of carbonyl (C=O) groups excluding carboxylic acids is 1. The molecule has 0 atom stereocenters. The van der Waals surface area contributed by atoms with Gasteiger partial charge in [-0.25, -0.2) is 0 Å². The minimum absolute atomic E-state index is 0.180. The largest absolute Gasteiger partial charge is 0.339 e. The molecule has 3 nitrogen and oxygen atoms in total. The number of likely N-dealkylation sites (tertiary alicyclic amines) is 1. The second-order valence-corrected chi connectivity index (χ2v) is 6.50. The van der Waals surface area contributed by atoms with Crippen LogP contribution in [0.2, 0.25) is 0 Å². The van der Waals surface area contributed by atoms with Crippen LogP contribution < -0.4 is 0 Å². The molecule has 0 N–H and O–H groups in total. The van der Waals surface area contributed by atoms with Gasteiger partial charge in [-0.2, -0.15) is 0 Å². The third-order valence-corrected chi connectivity index (χ3v) is 4.89. The highest BCUT2D eigenvalue weighted by atomic mass is 127. The summed E-state index contributed by atoms with van der Waals surface area (Å²) in [4.78, 5) is 16.9. The lowest BCUT2D eigenvalue weighted by Gasteiger charge is -2.37. The van der Waals surface area contributed by atoms with E-state index >= 15 is 0 Å². The maximum Gasteiger partial charge on any atom is 0.253 e. The normalized spacial score (nSPS) is 16.7. The maximum atomic E-state index is 12.4. The summed E-state index contributed by atoms with van der Waals surface area (Å²) in [6.45, 7) is 8.40. The van der Waals surface area contributed by atoms with E-state index in [0.29, 0.717) is 6.04 Å². The van der Waals surface area contributed by atoms with Gasteiger partial charge in [0.15, 0.2) is 0 Å². The molecule has 4 heteroatoms. The number of amides is 1. The molecule has 0 spiro atoms. The van der Waals surface area contributed by atoms with Gasteiger partial charge in [-0.15, -0.1) is 0 Å². The van der Waals surface area contributed by atoms with Crippen LogP contribution >= 0.6 is 22.6 Å². The third-order valence-electron chi connectivity index (χ3n) is 4.17. The summed E-state index contributed by atoms with van der Waals surface area (Å²) >= 11 is 2.26. The summed E-state index contributed by atoms with van der Waals surface area (Å²) < 4.78 is 1.17. The molecule has 110 valence electrons. The maximum absolute atomic E-state index is 12.4. The van der Waals surface area contributed by atoms with Gasteiger partial charge in [0.25, 0.3) is 5.91 Å². The molecule has 0 aliphatic carbocycles. The molecule has 1 aliphatic rings. The minimum Gasteiger partial charge on any atom is -0.339 e. The molecule has 1 amide bonds. The second kappa shape index (κ2) is 7.41. The Bertz CT molecular complexity index is 434. The number of nitrogens with zero attached hydrogens (tertiary/aromatic N) is 2. The predicted octanol–water partition coefficient (Wildman–Crippen LogP) is 3.24. The third kappa shape index (κ3) is 3.73. The Kier molecular flexibility index (Phi) is 5.84. The zero-order valence-corrected chi connectivity index (χ0v) is 14.5. The van der Waals surface area contributed by atoms with Crippen LogP contribution in [-0.2, 0) is 0 Å². The average molecular weight is 386 g/mol. The molecule has 1 heterocycles. The first-order valence-corrected chi connectivity index (χ1v) is 8.52. The van der Waals surface area contributed by atoms with Crippen molar-refractivity contribution in [2.45, 2.75) is 32.7 Å². The first-order chi connectivity index (χ1) is 9.65. The fourth-order valence-corrected chi connectivity index (χ4v) is 3.31. The topological polar surface area (TPSA) is 23.6 Å². The van der Waals surface area contributed by atoms with E-state index in [2.05, 4.69) is 41.3 Å². The Morgan fingerprint density at radius 1 is 1.20 bits per heavy atom. The molecule has 0 bridgehead atoms. The van der Waals surface area contributed by atoms with Crippen molar-refractivity contribution in [1.29, 1.82) is 0 Å². The molecule has 0 aromatic heterocycles. The molecular weight excluding hydrogens is 363 g/mol. The van der Waals surface area contributed by atoms with Gasteiger partial charge in [-0.1, -0.05) is 13.8 Å². The summed E-state index contributed by atoms with van der Waals surface area (Å²) in [6.07, 6.45) is 2.19. The molecule has 0 radical (unpaired) electrons. The van der Waals surface area contributed by atoms with Gasteiger partial charge < -0.3 is 9.80 Å². The van der Waals surface area contributed by atoms with Gasteiger partial charge in [0.2, 0.25) is 0 Å². The second-order valence-electron chi connectivity index (χ2n) is 5.25. The van der Waals surface area contributed by atoms with Gasteiger partial charge in [-0.05, 0) is 72.8 Å². The van der Waals surface area contributed by atoms with Crippen molar-refractivity contribution in [3.05, 3.63) is 33.4 Å². The molecule has 2 rings (SSSR count). The highest BCUT2D eigenvalue weighted by Crippen LogP contribution is 2.18. The Morgan fingerprint density at radius 2 is 1.75 bits per heavy atom. The van der Waals surface area contributed by atoms with Crippen LogP contribution in [0.15, 0.2) is 24.3 Å². The number of hydrogen-bond acceptors (Lipinski definition) is 2. The van der Waals surface area contributed by atoms with Crippen molar-refractivity contribution in [2.75, 3.05) is 26.2 Å². The Hall–Kier alpha value is -0.620. The van der Waals surface area contributed by atoms with Gasteiger partial charge >= 0.3 is 0 Å². The monoisotopic (exact) mass is 386 g/mol. The van der Waals surface area contributed by atoms with Crippen LogP contribution in [0.3, 0.4) is 0 Å². The highest BCUT2D eigenvalue weighted by molar-refractivity contribution is 14.1. The quantitative estimate of drug-likeness (QED) is 0.742. The number of benzene rings is 1. The Labute approximate surface area is 135 Å². The fourth-order valence-electron chi connectivity index (χ4n) is 2.95. The van der Waals surface area contributed by atoms with Crippen LogP contribution in [0.4, 0.5) is 0 Å². The van der Waals surface area contributed by atoms with Gasteiger partial charge in [0.1, 0.15) is 0 Å². The molecule has 1 aliphatic heterocycles. The van der Waals surface area contributed by atoms with Crippen LogP contribution in [0.1, 0.15) is 37.0 Å². The molecule has 1 aromatic rings. The Balaban J connectivity index is 1.93. The summed E-state index contributed by atoms with van der Waals surface area (Å²) in [5, 5.41) is 0. The molecule has 1 fully saturated rings. The minimum atomic E-state index is 0.180. The van der Waals surface area contributed by atoms with E-state index in [9.17, 15) is 4.79 Å². The van der Waals surface area contributed by atoms with Crippen molar-refractivity contribution in [3.8, 4) is 0 Å². The molecule has 0 unspecified atom stereocenters. The highest BCUT2D eigenvalue weighted by Gasteiger charge is 2.25. The SMILES string of the molecule is CCN(CC)C1CCN(C(=O)c2ccc(I)cc2)CC1. The lowest BCUT2D eigenvalue weighted by atomic mass is 10.0. The first-order valence-electron chi connectivity index (χ1n) is 7.44. The zero-order chi connectivity index (χ0) is 14.5. The molecule has 0 saturated carbocycles. The van der Waals surface area contributed by atoms with Crippen LogP contribution in [0, 0.1) is 3.57 Å². The number of halogens is 1. The number of rotatable bonds is 4. The van der Waals surface area contributed by atoms with Gasteiger partial charge in [-0.3, -0.25) is 4.79 Å². The van der Waals surface area contributed by atoms with E-state index in [4.69, 9.17) is 0 Å². The van der Waals surface area contributed by atoms with E-state index in [1.165, 1.54) is 3.57 Å². The van der Waals surface area contributed by atoms with Crippen LogP contribution in [0.25, 0.3) is 0 Å². The zero-order valence-electron chi connectivity index (χ0n) is 12.3. The summed E-state index contributed by atoms with van der Waals surface area (Å²) in [7, 11) is 0. The van der Waals surface area contributed by atoms with Crippen molar-refractivity contribution >= 4 is 28.5 Å². The van der Waals surface area contributed by atoms with Crippen LogP contribution in [0.5, 0.6) is 0 Å². The average Bonchev–Trinajstić information content (AvgIpc) is 2.49.